The van der Waals surface area contributed by atoms with Gasteiger partial charge in [-0.05, 0) is 32.7 Å². The molecule has 3 N–H and O–H groups in total. The average Bonchev–Trinajstić information content (AvgIpc) is 2.98. The molecule has 1 aromatic rings. The van der Waals surface area contributed by atoms with Crippen LogP contribution in [0.3, 0.4) is 0 Å². The number of carbonyl (C=O) groups is 2. The number of carbonyl (C=O) groups excluding carboxylic acids is 1. The zero-order chi connectivity index (χ0) is 17.1. The van der Waals surface area contributed by atoms with Crippen molar-refractivity contribution in [1.82, 2.24) is 15.2 Å². The van der Waals surface area contributed by atoms with Gasteiger partial charge in [0.05, 0.1) is 6.61 Å². The number of piperidine rings is 1. The molecule has 130 valence electrons. The lowest BCUT2D eigenvalue weighted by atomic mass is 10.0. The van der Waals surface area contributed by atoms with Gasteiger partial charge in [0.1, 0.15) is 5.76 Å². The zero-order valence-electron chi connectivity index (χ0n) is 13.4. The molecule has 2 rings (SSSR count). The molecule has 1 aliphatic rings. The molecule has 1 amide bonds. The van der Waals surface area contributed by atoms with Crippen LogP contribution >= 0.6 is 0 Å². The molecule has 2 heterocycles. The van der Waals surface area contributed by atoms with Crippen molar-refractivity contribution in [1.29, 1.82) is 0 Å². The molecule has 1 atom stereocenters. The number of aryl methyl sites for hydroxylation is 1. The quantitative estimate of drug-likeness (QED) is 0.519. The van der Waals surface area contributed by atoms with Crippen molar-refractivity contribution in [3.8, 4) is 0 Å². The van der Waals surface area contributed by atoms with Crippen molar-refractivity contribution in [2.45, 2.75) is 38.6 Å². The van der Waals surface area contributed by atoms with Crippen LogP contribution in [0.25, 0.3) is 0 Å². The number of oxazole rings is 1. The van der Waals surface area contributed by atoms with Crippen LogP contribution in [0.1, 0.15) is 41.9 Å². The Morgan fingerprint density at radius 1 is 1.57 bits per heavy atom. The zero-order valence-corrected chi connectivity index (χ0v) is 13.4. The Hall–Kier alpha value is -1.93. The van der Waals surface area contributed by atoms with Crippen LogP contribution in [0, 0.1) is 6.92 Å². The topological polar surface area (TPSA) is 116 Å². The fourth-order valence-corrected chi connectivity index (χ4v) is 2.65. The molecule has 8 nitrogen and oxygen atoms in total. The highest BCUT2D eigenvalue weighted by Gasteiger charge is 2.21. The number of aliphatic hydroxyl groups excluding tert-OH is 1. The second-order valence-corrected chi connectivity index (χ2v) is 5.34. The van der Waals surface area contributed by atoms with Gasteiger partial charge in [-0.25, -0.2) is 4.98 Å². The van der Waals surface area contributed by atoms with Crippen molar-refractivity contribution < 1.29 is 24.2 Å². The first-order valence-corrected chi connectivity index (χ1v) is 7.75. The van der Waals surface area contributed by atoms with E-state index in [4.69, 9.17) is 14.3 Å². The number of aliphatic hydroxyl groups is 1. The van der Waals surface area contributed by atoms with E-state index in [1.807, 2.05) is 0 Å². The molecule has 1 aromatic heterocycles. The second-order valence-electron chi connectivity index (χ2n) is 5.34. The van der Waals surface area contributed by atoms with Crippen molar-refractivity contribution in [3.05, 3.63) is 17.8 Å². The number of aromatic nitrogens is 1. The highest BCUT2D eigenvalue weighted by molar-refractivity contribution is 5.92. The van der Waals surface area contributed by atoms with Gasteiger partial charge in [-0.3, -0.25) is 14.5 Å². The fraction of sp³-hybridized carbons (Fsp3) is 0.667. The number of likely N-dealkylation sites (tertiary alicyclic amines) is 1. The van der Waals surface area contributed by atoms with Crippen LogP contribution in [-0.4, -0.2) is 64.8 Å². The van der Waals surface area contributed by atoms with Crippen LogP contribution in [-0.2, 0) is 4.79 Å². The number of hydrogen-bond acceptors (Lipinski definition) is 6. The number of carboxylic acid groups (broad SMARTS) is 1. The predicted molar refractivity (Wildman–Crippen MR) is 83.2 cm³/mol. The van der Waals surface area contributed by atoms with Crippen LogP contribution in [0.5, 0.6) is 0 Å². The monoisotopic (exact) mass is 327 g/mol. The molecule has 1 saturated heterocycles. The number of amides is 1. The summed E-state index contributed by atoms with van der Waals surface area (Å²) in [6.45, 7) is 4.26. The van der Waals surface area contributed by atoms with Crippen LogP contribution in [0.2, 0.25) is 0 Å². The van der Waals surface area contributed by atoms with E-state index in [1.54, 1.807) is 6.92 Å². The van der Waals surface area contributed by atoms with E-state index >= 15 is 0 Å². The third kappa shape index (κ3) is 6.37. The minimum atomic E-state index is -0.250. The first-order valence-electron chi connectivity index (χ1n) is 7.75. The van der Waals surface area contributed by atoms with Gasteiger partial charge in [-0.15, -0.1) is 0 Å². The standard InChI is InChI=1S/C14H23N3O3.CH2O2/c1-11-13(16-10-20-11)14(19)15-6-4-8-17-7-3-2-5-12(17)9-18;2-1-3/h10,12,18H,2-9H2,1H3,(H,15,19);1H,(H,2,3). The van der Waals surface area contributed by atoms with Gasteiger partial charge >= 0.3 is 0 Å². The molecule has 1 aliphatic heterocycles. The number of nitrogens with zero attached hydrogens (tertiary/aromatic N) is 2. The van der Waals surface area contributed by atoms with Crippen LogP contribution in [0.15, 0.2) is 10.8 Å². The SMILES string of the molecule is Cc1ocnc1C(=O)NCCCN1CCCCC1CO.O=CO. The lowest BCUT2D eigenvalue weighted by molar-refractivity contribution is -0.122. The van der Waals surface area contributed by atoms with Crippen molar-refractivity contribution >= 4 is 12.4 Å². The highest BCUT2D eigenvalue weighted by atomic mass is 16.3. The average molecular weight is 327 g/mol. The number of nitrogens with one attached hydrogen (secondary N) is 1. The Labute approximate surface area is 135 Å². The van der Waals surface area contributed by atoms with Crippen LogP contribution in [0.4, 0.5) is 0 Å². The summed E-state index contributed by atoms with van der Waals surface area (Å²) in [4.78, 5) is 26.4. The summed E-state index contributed by atoms with van der Waals surface area (Å²) in [7, 11) is 0. The van der Waals surface area contributed by atoms with Gasteiger partial charge in [-0.2, -0.15) is 0 Å². The van der Waals surface area contributed by atoms with Crippen molar-refractivity contribution in [3.63, 3.8) is 0 Å². The molecule has 23 heavy (non-hydrogen) atoms. The van der Waals surface area contributed by atoms with Gasteiger partial charge in [0, 0.05) is 19.1 Å². The third-order valence-corrected chi connectivity index (χ3v) is 3.83. The summed E-state index contributed by atoms with van der Waals surface area (Å²) in [6, 6.07) is 0.289. The third-order valence-electron chi connectivity index (χ3n) is 3.83. The molecule has 0 aliphatic carbocycles. The van der Waals surface area contributed by atoms with E-state index in [0.717, 1.165) is 25.9 Å². The van der Waals surface area contributed by atoms with Gasteiger partial charge in [-0.1, -0.05) is 6.42 Å². The van der Waals surface area contributed by atoms with E-state index in [0.29, 0.717) is 18.0 Å². The molecule has 1 fully saturated rings. The minimum Gasteiger partial charge on any atom is -0.483 e. The van der Waals surface area contributed by atoms with E-state index in [1.165, 1.54) is 19.2 Å². The molecule has 8 heteroatoms. The van der Waals surface area contributed by atoms with Crippen molar-refractivity contribution in [2.24, 2.45) is 0 Å². The summed E-state index contributed by atoms with van der Waals surface area (Å²) in [6.07, 6.45) is 5.62. The van der Waals surface area contributed by atoms with Crippen molar-refractivity contribution in [2.75, 3.05) is 26.2 Å². The molecule has 0 radical (unpaired) electrons. The molecule has 0 spiro atoms. The molecular formula is C15H25N3O5. The first kappa shape index (κ1) is 19.1. The fourth-order valence-electron chi connectivity index (χ4n) is 2.65. The summed E-state index contributed by atoms with van der Waals surface area (Å²) in [5.74, 6) is 0.354. The normalized spacial score (nSPS) is 17.9. The summed E-state index contributed by atoms with van der Waals surface area (Å²) < 4.78 is 5.01. The maximum atomic E-state index is 11.8. The Bertz CT molecular complexity index is 477. The molecule has 0 saturated carbocycles. The summed E-state index contributed by atoms with van der Waals surface area (Å²) >= 11 is 0. The lowest BCUT2D eigenvalue weighted by Crippen LogP contribution is -2.43. The van der Waals surface area contributed by atoms with E-state index in [2.05, 4.69) is 15.2 Å². The summed E-state index contributed by atoms with van der Waals surface area (Å²) in [5.41, 5.74) is 0.358. The van der Waals surface area contributed by atoms with Crippen LogP contribution < -0.4 is 5.32 Å². The molecule has 1 unspecified atom stereocenters. The molecule has 0 bridgehead atoms. The number of hydrogen-bond donors (Lipinski definition) is 3. The maximum absolute atomic E-state index is 11.8. The smallest absolute Gasteiger partial charge is 0.290 e. The Kier molecular flexibility index (Phi) is 8.93. The molecular weight excluding hydrogens is 302 g/mol. The van der Waals surface area contributed by atoms with E-state index in [9.17, 15) is 9.90 Å². The Balaban J connectivity index is 0.000000816. The molecule has 0 aromatic carbocycles. The minimum absolute atomic E-state index is 0.186. The largest absolute Gasteiger partial charge is 0.483 e. The number of rotatable bonds is 6. The Morgan fingerprint density at radius 3 is 2.91 bits per heavy atom. The van der Waals surface area contributed by atoms with E-state index in [-0.39, 0.29) is 25.0 Å². The van der Waals surface area contributed by atoms with Gasteiger partial charge in [0.2, 0.25) is 0 Å². The second kappa shape index (κ2) is 10.7. The lowest BCUT2D eigenvalue weighted by Gasteiger charge is -2.34. The first-order chi connectivity index (χ1) is 11.1. The van der Waals surface area contributed by atoms with E-state index < -0.39 is 0 Å². The van der Waals surface area contributed by atoms with Gasteiger partial charge in [0.15, 0.2) is 12.1 Å². The van der Waals surface area contributed by atoms with Gasteiger partial charge < -0.3 is 19.9 Å². The maximum Gasteiger partial charge on any atom is 0.290 e. The Morgan fingerprint density at radius 2 is 2.30 bits per heavy atom. The van der Waals surface area contributed by atoms with Gasteiger partial charge in [0.25, 0.3) is 12.4 Å². The summed E-state index contributed by atoms with van der Waals surface area (Å²) in [5, 5.41) is 19.1. The highest BCUT2D eigenvalue weighted by Crippen LogP contribution is 2.16. The predicted octanol–water partition coefficient (Wildman–Crippen LogP) is 0.651.